The summed E-state index contributed by atoms with van der Waals surface area (Å²) in [6, 6.07) is 16.3. The van der Waals surface area contributed by atoms with Crippen molar-refractivity contribution in [2.45, 2.75) is 23.8 Å². The molecular weight excluding hydrogens is 360 g/mol. The Morgan fingerprint density at radius 2 is 1.78 bits per heavy atom. The molecule has 27 heavy (non-hydrogen) atoms. The maximum Gasteiger partial charge on any atom is 0.241 e. The molecule has 6 heteroatoms. The van der Waals surface area contributed by atoms with Crippen LogP contribution in [-0.2, 0) is 14.8 Å². The minimum absolute atomic E-state index is 0.174. The molecule has 3 aromatic rings. The van der Waals surface area contributed by atoms with E-state index in [-0.39, 0.29) is 12.0 Å². The number of nitrogens with zero attached hydrogens (tertiary/aromatic N) is 1. The number of hydrogen-bond acceptors (Lipinski definition) is 4. The first-order valence-electron chi connectivity index (χ1n) is 9.13. The molecule has 0 saturated carbocycles. The third-order valence-corrected chi connectivity index (χ3v) is 6.60. The quantitative estimate of drug-likeness (QED) is 0.731. The Morgan fingerprint density at radius 1 is 1.00 bits per heavy atom. The van der Waals surface area contributed by atoms with Crippen molar-refractivity contribution >= 4 is 20.8 Å². The largest absolute Gasteiger partial charge is 0.381 e. The molecule has 0 radical (unpaired) electrons. The average molecular weight is 382 g/mol. The second kappa shape index (κ2) is 7.76. The zero-order chi connectivity index (χ0) is 18.7. The molecule has 140 valence electrons. The maximum absolute atomic E-state index is 13.3. The fourth-order valence-corrected chi connectivity index (χ4v) is 5.23. The van der Waals surface area contributed by atoms with Gasteiger partial charge < -0.3 is 4.74 Å². The molecule has 0 bridgehead atoms. The van der Waals surface area contributed by atoms with Crippen LogP contribution in [0.15, 0.2) is 71.9 Å². The molecule has 1 unspecified atom stereocenters. The van der Waals surface area contributed by atoms with Gasteiger partial charge in [0.1, 0.15) is 0 Å². The highest BCUT2D eigenvalue weighted by Gasteiger charge is 2.30. The van der Waals surface area contributed by atoms with Crippen LogP contribution >= 0.6 is 0 Å². The third kappa shape index (κ3) is 3.88. The lowest BCUT2D eigenvalue weighted by molar-refractivity contribution is 0.0564. The van der Waals surface area contributed by atoms with Gasteiger partial charge in [0.05, 0.1) is 10.9 Å². The topological polar surface area (TPSA) is 68.3 Å². The van der Waals surface area contributed by atoms with E-state index in [1.807, 2.05) is 42.5 Å². The van der Waals surface area contributed by atoms with Crippen molar-refractivity contribution in [1.29, 1.82) is 0 Å². The van der Waals surface area contributed by atoms with E-state index in [2.05, 4.69) is 9.71 Å². The number of rotatable bonds is 5. The fraction of sp³-hybridized carbons (Fsp3) is 0.286. The molecule has 1 fully saturated rings. The Morgan fingerprint density at radius 3 is 2.56 bits per heavy atom. The van der Waals surface area contributed by atoms with Crippen LogP contribution in [0, 0.1) is 5.92 Å². The van der Waals surface area contributed by atoms with E-state index >= 15 is 0 Å². The second-order valence-electron chi connectivity index (χ2n) is 6.81. The minimum atomic E-state index is -3.70. The van der Waals surface area contributed by atoms with Crippen molar-refractivity contribution in [2.75, 3.05) is 13.2 Å². The normalized spacial score (nSPS) is 17.0. The van der Waals surface area contributed by atoms with E-state index in [0.717, 1.165) is 29.2 Å². The molecule has 0 amide bonds. The summed E-state index contributed by atoms with van der Waals surface area (Å²) in [6.07, 6.45) is 5.07. The molecule has 0 aliphatic carbocycles. The van der Waals surface area contributed by atoms with Crippen molar-refractivity contribution in [3.63, 3.8) is 0 Å². The lowest BCUT2D eigenvalue weighted by atomic mass is 9.88. The van der Waals surface area contributed by atoms with Crippen molar-refractivity contribution in [3.8, 4) is 0 Å². The Kier molecular flexibility index (Phi) is 5.20. The lowest BCUT2D eigenvalue weighted by Gasteiger charge is -2.31. The molecule has 2 heterocycles. The zero-order valence-electron chi connectivity index (χ0n) is 14.9. The van der Waals surface area contributed by atoms with Crippen LogP contribution in [0.4, 0.5) is 0 Å². The number of pyridine rings is 1. The van der Waals surface area contributed by atoms with Crippen LogP contribution in [0.5, 0.6) is 0 Å². The average Bonchev–Trinajstić information content (AvgIpc) is 2.73. The van der Waals surface area contributed by atoms with E-state index in [9.17, 15) is 8.42 Å². The SMILES string of the molecule is O=S(=O)(NC(c1cccnc1)C1CCOCC1)c1cccc2ccccc12. The monoisotopic (exact) mass is 382 g/mol. The van der Waals surface area contributed by atoms with Gasteiger partial charge in [0.15, 0.2) is 0 Å². The molecule has 1 saturated heterocycles. The second-order valence-corrected chi connectivity index (χ2v) is 8.49. The van der Waals surface area contributed by atoms with Gasteiger partial charge in [-0.1, -0.05) is 42.5 Å². The summed E-state index contributed by atoms with van der Waals surface area (Å²) in [5, 5.41) is 1.63. The molecule has 0 spiro atoms. The van der Waals surface area contributed by atoms with E-state index in [0.29, 0.717) is 18.1 Å². The number of sulfonamides is 1. The van der Waals surface area contributed by atoms with E-state index in [1.165, 1.54) is 0 Å². The van der Waals surface area contributed by atoms with E-state index in [1.54, 1.807) is 24.5 Å². The predicted molar refractivity (Wildman–Crippen MR) is 105 cm³/mol. The van der Waals surface area contributed by atoms with Gasteiger partial charge in [-0.15, -0.1) is 0 Å². The highest BCUT2D eigenvalue weighted by Crippen LogP contribution is 2.32. The Hall–Kier alpha value is -2.28. The van der Waals surface area contributed by atoms with Crippen LogP contribution in [0.1, 0.15) is 24.4 Å². The first kappa shape index (κ1) is 18.1. The Balaban J connectivity index is 1.73. The highest BCUT2D eigenvalue weighted by atomic mass is 32.2. The van der Waals surface area contributed by atoms with Gasteiger partial charge in [-0.05, 0) is 41.8 Å². The van der Waals surface area contributed by atoms with Gasteiger partial charge in [0, 0.05) is 31.0 Å². The van der Waals surface area contributed by atoms with Gasteiger partial charge >= 0.3 is 0 Å². The molecule has 5 nitrogen and oxygen atoms in total. The smallest absolute Gasteiger partial charge is 0.241 e. The van der Waals surface area contributed by atoms with Crippen LogP contribution in [0.3, 0.4) is 0 Å². The highest BCUT2D eigenvalue weighted by molar-refractivity contribution is 7.89. The van der Waals surface area contributed by atoms with Gasteiger partial charge in [0.2, 0.25) is 10.0 Å². The van der Waals surface area contributed by atoms with Crippen LogP contribution in [-0.4, -0.2) is 26.6 Å². The molecule has 1 aliphatic heterocycles. The molecule has 2 aromatic carbocycles. The molecule has 1 N–H and O–H groups in total. The van der Waals surface area contributed by atoms with Gasteiger partial charge in [0.25, 0.3) is 0 Å². The number of benzene rings is 2. The van der Waals surface area contributed by atoms with Crippen LogP contribution in [0.25, 0.3) is 10.8 Å². The number of nitrogens with one attached hydrogen (secondary N) is 1. The molecule has 1 atom stereocenters. The standard InChI is InChI=1S/C21H22N2O3S/c24-27(25,20-9-3-6-16-5-1-2-8-19(16)20)23-21(17-10-13-26-14-11-17)18-7-4-12-22-15-18/h1-9,12,15,17,21,23H,10-11,13-14H2. The van der Waals surface area contributed by atoms with Gasteiger partial charge in [-0.25, -0.2) is 13.1 Å². The lowest BCUT2D eigenvalue weighted by Crippen LogP contribution is -2.36. The summed E-state index contributed by atoms with van der Waals surface area (Å²) < 4.78 is 35.0. The summed E-state index contributed by atoms with van der Waals surface area (Å²) in [5.74, 6) is 0.174. The van der Waals surface area contributed by atoms with Crippen molar-refractivity contribution in [2.24, 2.45) is 5.92 Å². The number of hydrogen-bond donors (Lipinski definition) is 1. The van der Waals surface area contributed by atoms with Crippen LogP contribution in [0.2, 0.25) is 0 Å². The summed E-state index contributed by atoms with van der Waals surface area (Å²) in [5.41, 5.74) is 0.883. The molecule has 1 aliphatic rings. The summed E-state index contributed by atoms with van der Waals surface area (Å²) in [6.45, 7) is 1.30. The van der Waals surface area contributed by atoms with Crippen molar-refractivity contribution < 1.29 is 13.2 Å². The zero-order valence-corrected chi connectivity index (χ0v) is 15.7. The first-order chi connectivity index (χ1) is 13.1. The molecule has 4 rings (SSSR count). The van der Waals surface area contributed by atoms with Crippen molar-refractivity contribution in [1.82, 2.24) is 9.71 Å². The Bertz CT molecular complexity index is 1010. The Labute approximate surface area is 159 Å². The third-order valence-electron chi connectivity index (χ3n) is 5.10. The first-order valence-corrected chi connectivity index (χ1v) is 10.6. The molecule has 1 aromatic heterocycles. The summed E-state index contributed by atoms with van der Waals surface area (Å²) in [4.78, 5) is 4.49. The van der Waals surface area contributed by atoms with E-state index < -0.39 is 10.0 Å². The van der Waals surface area contributed by atoms with Gasteiger partial charge in [-0.2, -0.15) is 0 Å². The predicted octanol–water partition coefficient (Wildman–Crippen LogP) is 3.68. The minimum Gasteiger partial charge on any atom is -0.381 e. The number of aromatic nitrogens is 1. The van der Waals surface area contributed by atoms with E-state index in [4.69, 9.17) is 4.74 Å². The van der Waals surface area contributed by atoms with Crippen LogP contribution < -0.4 is 4.72 Å². The fourth-order valence-electron chi connectivity index (χ4n) is 3.71. The van der Waals surface area contributed by atoms with Crippen molar-refractivity contribution in [3.05, 3.63) is 72.6 Å². The number of fused-ring (bicyclic) bond motifs is 1. The summed E-state index contributed by atoms with van der Waals surface area (Å²) in [7, 11) is -3.70. The number of ether oxygens (including phenoxy) is 1. The maximum atomic E-state index is 13.3. The molecular formula is C21H22N2O3S. The summed E-state index contributed by atoms with van der Waals surface area (Å²) >= 11 is 0. The van der Waals surface area contributed by atoms with Gasteiger partial charge in [-0.3, -0.25) is 4.98 Å².